The van der Waals surface area contributed by atoms with Crippen LogP contribution in [0.1, 0.15) is 45.4 Å². The number of rotatable bonds is 5. The van der Waals surface area contributed by atoms with Crippen molar-refractivity contribution >= 4 is 11.9 Å². The average molecular weight is 295 g/mol. The van der Waals surface area contributed by atoms with E-state index < -0.39 is 0 Å². The molecule has 1 amide bonds. The van der Waals surface area contributed by atoms with E-state index in [1.165, 1.54) is 0 Å². The number of anilines is 1. The Morgan fingerprint density at radius 1 is 1.48 bits per heavy atom. The van der Waals surface area contributed by atoms with Gasteiger partial charge in [0.1, 0.15) is 0 Å². The van der Waals surface area contributed by atoms with Crippen LogP contribution >= 0.6 is 0 Å². The summed E-state index contributed by atoms with van der Waals surface area (Å²) in [7, 11) is 0. The summed E-state index contributed by atoms with van der Waals surface area (Å²) in [6, 6.07) is 0.566. The molecule has 3 N–H and O–H groups in total. The predicted molar refractivity (Wildman–Crippen MR) is 79.8 cm³/mol. The van der Waals surface area contributed by atoms with Crippen LogP contribution in [0.25, 0.3) is 0 Å². The van der Waals surface area contributed by atoms with E-state index in [4.69, 9.17) is 10.2 Å². The van der Waals surface area contributed by atoms with Crippen molar-refractivity contribution in [3.63, 3.8) is 0 Å². The Kier molecular flexibility index (Phi) is 5.30. The lowest BCUT2D eigenvalue weighted by Gasteiger charge is -2.36. The summed E-state index contributed by atoms with van der Waals surface area (Å²) in [6.07, 6.45) is 2.21. The number of aromatic nitrogens is 2. The van der Waals surface area contributed by atoms with Crippen LogP contribution in [0, 0.1) is 5.92 Å². The Balaban J connectivity index is 1.88. The summed E-state index contributed by atoms with van der Waals surface area (Å²) in [4.78, 5) is 14.3. The highest BCUT2D eigenvalue weighted by molar-refractivity contribution is 5.90. The highest BCUT2D eigenvalue weighted by Gasteiger charge is 2.26. The third-order valence-electron chi connectivity index (χ3n) is 3.97. The van der Waals surface area contributed by atoms with Crippen LogP contribution in [-0.4, -0.2) is 46.7 Å². The van der Waals surface area contributed by atoms with Crippen molar-refractivity contribution in [1.82, 2.24) is 15.1 Å². The molecule has 1 aliphatic heterocycles. The Morgan fingerprint density at radius 2 is 2.24 bits per heavy atom. The van der Waals surface area contributed by atoms with Crippen molar-refractivity contribution in [2.75, 3.05) is 25.0 Å². The quantitative estimate of drug-likeness (QED) is 0.847. The topological polar surface area (TPSA) is 97.3 Å². The van der Waals surface area contributed by atoms with Crippen LogP contribution in [0.15, 0.2) is 4.42 Å². The summed E-state index contributed by atoms with van der Waals surface area (Å²) in [5.41, 5.74) is 5.74. The van der Waals surface area contributed by atoms with Gasteiger partial charge in [-0.2, -0.15) is 0 Å². The number of nitrogens with two attached hydrogens (primary N) is 1. The lowest BCUT2D eigenvalue weighted by Crippen LogP contribution is -2.47. The van der Waals surface area contributed by atoms with E-state index in [2.05, 4.69) is 27.3 Å². The monoisotopic (exact) mass is 295 g/mol. The fourth-order valence-corrected chi connectivity index (χ4v) is 2.54. The molecule has 1 aliphatic rings. The summed E-state index contributed by atoms with van der Waals surface area (Å²) in [5.74, 6) is 1.03. The molecule has 0 aliphatic carbocycles. The maximum absolute atomic E-state index is 12.1. The fraction of sp³-hybridized carbons (Fsp3) is 0.786. The summed E-state index contributed by atoms with van der Waals surface area (Å²) < 4.78 is 5.38. The Morgan fingerprint density at radius 3 is 2.86 bits per heavy atom. The summed E-state index contributed by atoms with van der Waals surface area (Å²) >= 11 is 0. The maximum atomic E-state index is 12.1. The molecule has 1 aromatic heterocycles. The van der Waals surface area contributed by atoms with Crippen molar-refractivity contribution in [2.24, 2.45) is 11.7 Å². The van der Waals surface area contributed by atoms with Gasteiger partial charge in [-0.15, -0.1) is 5.10 Å². The molecule has 0 aromatic carbocycles. The van der Waals surface area contributed by atoms with Gasteiger partial charge in [-0.3, -0.25) is 15.0 Å². The molecule has 0 saturated carbocycles. The number of hydrogen-bond donors (Lipinski definition) is 2. The highest BCUT2D eigenvalue weighted by atomic mass is 16.4. The molecule has 1 fully saturated rings. The van der Waals surface area contributed by atoms with E-state index >= 15 is 0 Å². The molecule has 21 heavy (non-hydrogen) atoms. The van der Waals surface area contributed by atoms with Crippen LogP contribution in [0.3, 0.4) is 0 Å². The van der Waals surface area contributed by atoms with Gasteiger partial charge in [0, 0.05) is 18.5 Å². The SMILES string of the molecule is CC(C)c1nnc(NC(=O)CN2CC(CN)CCC2C)o1. The average Bonchev–Trinajstić information content (AvgIpc) is 2.90. The number of nitrogens with one attached hydrogen (secondary N) is 1. The molecule has 118 valence electrons. The van der Waals surface area contributed by atoms with Gasteiger partial charge >= 0.3 is 6.01 Å². The van der Waals surface area contributed by atoms with Gasteiger partial charge in [0.05, 0.1) is 6.54 Å². The Hall–Kier alpha value is -1.47. The lowest BCUT2D eigenvalue weighted by molar-refractivity contribution is -0.118. The van der Waals surface area contributed by atoms with Crippen LogP contribution < -0.4 is 11.1 Å². The molecule has 1 aromatic rings. The fourth-order valence-electron chi connectivity index (χ4n) is 2.54. The first-order valence-electron chi connectivity index (χ1n) is 7.57. The van der Waals surface area contributed by atoms with Crippen molar-refractivity contribution in [1.29, 1.82) is 0 Å². The lowest BCUT2D eigenvalue weighted by atomic mass is 9.93. The van der Waals surface area contributed by atoms with Gasteiger partial charge in [0.25, 0.3) is 0 Å². The minimum absolute atomic E-state index is 0.126. The Labute approximate surface area is 125 Å². The number of carbonyl (C=O) groups excluding carboxylic acids is 1. The first kappa shape index (κ1) is 15.9. The maximum Gasteiger partial charge on any atom is 0.322 e. The standard InChI is InChI=1S/C14H25N5O2/c1-9(2)13-17-18-14(21-13)16-12(20)8-19-7-11(6-15)5-4-10(19)3/h9-11H,4-8,15H2,1-3H3,(H,16,18,20). The first-order valence-corrected chi connectivity index (χ1v) is 7.57. The van der Waals surface area contributed by atoms with Gasteiger partial charge in [-0.1, -0.05) is 18.9 Å². The third kappa shape index (κ3) is 4.25. The van der Waals surface area contributed by atoms with Gasteiger partial charge in [0.2, 0.25) is 11.8 Å². The van der Waals surface area contributed by atoms with E-state index in [9.17, 15) is 4.79 Å². The van der Waals surface area contributed by atoms with E-state index in [1.807, 2.05) is 13.8 Å². The van der Waals surface area contributed by atoms with E-state index in [0.717, 1.165) is 19.4 Å². The predicted octanol–water partition coefficient (Wildman–Crippen LogP) is 1.19. The number of piperidine rings is 1. The van der Waals surface area contributed by atoms with Gasteiger partial charge < -0.3 is 10.2 Å². The van der Waals surface area contributed by atoms with Crippen LogP contribution in [0.2, 0.25) is 0 Å². The second kappa shape index (κ2) is 7.00. The molecule has 7 heteroatoms. The van der Waals surface area contributed by atoms with Gasteiger partial charge in [-0.05, 0) is 32.2 Å². The van der Waals surface area contributed by atoms with Gasteiger partial charge in [-0.25, -0.2) is 0 Å². The number of nitrogens with zero attached hydrogens (tertiary/aromatic N) is 3. The largest absolute Gasteiger partial charge is 0.408 e. The van der Waals surface area contributed by atoms with E-state index in [0.29, 0.717) is 30.9 Å². The molecule has 0 bridgehead atoms. The summed E-state index contributed by atoms with van der Waals surface area (Å²) in [5, 5.41) is 10.4. The van der Waals surface area contributed by atoms with E-state index in [1.54, 1.807) is 0 Å². The van der Waals surface area contributed by atoms with Crippen LogP contribution in [0.5, 0.6) is 0 Å². The zero-order valence-electron chi connectivity index (χ0n) is 13.0. The number of amides is 1. The second-order valence-corrected chi connectivity index (χ2v) is 6.11. The van der Waals surface area contributed by atoms with Crippen molar-refractivity contribution in [3.05, 3.63) is 5.89 Å². The Bertz CT molecular complexity index is 474. The van der Waals surface area contributed by atoms with E-state index in [-0.39, 0.29) is 17.8 Å². The van der Waals surface area contributed by atoms with Crippen molar-refractivity contribution in [3.8, 4) is 0 Å². The molecule has 2 atom stereocenters. The van der Waals surface area contributed by atoms with Crippen LogP contribution in [-0.2, 0) is 4.79 Å². The molecule has 7 nitrogen and oxygen atoms in total. The van der Waals surface area contributed by atoms with Gasteiger partial charge in [0.15, 0.2) is 0 Å². The molecular formula is C14H25N5O2. The molecule has 2 rings (SSSR count). The third-order valence-corrected chi connectivity index (χ3v) is 3.97. The molecule has 1 saturated heterocycles. The molecule has 0 radical (unpaired) electrons. The van der Waals surface area contributed by atoms with Crippen molar-refractivity contribution in [2.45, 2.75) is 45.6 Å². The number of carbonyl (C=O) groups is 1. The van der Waals surface area contributed by atoms with Crippen molar-refractivity contribution < 1.29 is 9.21 Å². The normalized spacial score (nSPS) is 23.5. The highest BCUT2D eigenvalue weighted by Crippen LogP contribution is 2.21. The van der Waals surface area contributed by atoms with Crippen LogP contribution in [0.4, 0.5) is 6.01 Å². The molecular weight excluding hydrogens is 270 g/mol. The zero-order chi connectivity index (χ0) is 15.4. The molecule has 2 unspecified atom stereocenters. The second-order valence-electron chi connectivity index (χ2n) is 6.11. The molecule has 2 heterocycles. The number of hydrogen-bond acceptors (Lipinski definition) is 6. The minimum Gasteiger partial charge on any atom is -0.408 e. The molecule has 0 spiro atoms. The minimum atomic E-state index is -0.126. The summed E-state index contributed by atoms with van der Waals surface area (Å²) in [6.45, 7) is 7.93. The first-order chi connectivity index (χ1) is 9.99. The smallest absolute Gasteiger partial charge is 0.322 e. The zero-order valence-corrected chi connectivity index (χ0v) is 13.0. The number of likely N-dealkylation sites (tertiary alicyclic amines) is 1.